The second-order valence-electron chi connectivity index (χ2n) is 6.69. The van der Waals surface area contributed by atoms with Crippen LogP contribution in [0.2, 0.25) is 0 Å². The first-order valence-electron chi connectivity index (χ1n) is 8.81. The molecule has 0 N–H and O–H groups in total. The van der Waals surface area contributed by atoms with E-state index in [1.54, 1.807) is 17.5 Å². The van der Waals surface area contributed by atoms with Gasteiger partial charge in [-0.05, 0) is 36.8 Å². The van der Waals surface area contributed by atoms with Gasteiger partial charge in [0.15, 0.2) is 0 Å². The molecule has 0 aliphatic carbocycles. The van der Waals surface area contributed by atoms with Crippen molar-refractivity contribution in [3.8, 4) is 11.4 Å². The molecule has 1 atom stereocenters. The summed E-state index contributed by atoms with van der Waals surface area (Å²) in [6, 6.07) is 11.0. The summed E-state index contributed by atoms with van der Waals surface area (Å²) < 4.78 is 3.57. The molecule has 0 saturated carbocycles. The minimum atomic E-state index is 0.353. The molecule has 6 heteroatoms. The van der Waals surface area contributed by atoms with Crippen LogP contribution < -0.4 is 0 Å². The average Bonchev–Trinajstić information content (AvgIpc) is 3.33. The fourth-order valence-corrected chi connectivity index (χ4v) is 4.36. The van der Waals surface area contributed by atoms with E-state index in [1.807, 2.05) is 24.0 Å². The number of nitrogens with zero attached hydrogens (tertiary/aromatic N) is 5. The van der Waals surface area contributed by atoms with E-state index in [0.717, 1.165) is 36.5 Å². The quantitative estimate of drug-likeness (QED) is 0.550. The largest absolute Gasteiger partial charge is 0.325 e. The Morgan fingerprint density at radius 2 is 2.08 bits per heavy atom. The van der Waals surface area contributed by atoms with E-state index in [4.69, 9.17) is 0 Å². The number of pyridine rings is 1. The van der Waals surface area contributed by atoms with Crippen molar-refractivity contribution in [1.29, 1.82) is 0 Å². The van der Waals surface area contributed by atoms with Crippen molar-refractivity contribution in [1.82, 2.24) is 24.4 Å². The lowest BCUT2D eigenvalue weighted by atomic mass is 10.1. The van der Waals surface area contributed by atoms with E-state index < -0.39 is 0 Å². The number of fused-ring (bicyclic) bond motifs is 2. The molecule has 3 aromatic heterocycles. The zero-order valence-electron chi connectivity index (χ0n) is 14.5. The van der Waals surface area contributed by atoms with Crippen molar-refractivity contribution in [2.45, 2.75) is 26.1 Å². The Kier molecular flexibility index (Phi) is 3.80. The summed E-state index contributed by atoms with van der Waals surface area (Å²) in [6.45, 7) is 5.14. The van der Waals surface area contributed by atoms with E-state index in [0.29, 0.717) is 6.04 Å². The van der Waals surface area contributed by atoms with Crippen molar-refractivity contribution >= 4 is 21.6 Å². The van der Waals surface area contributed by atoms with Crippen LogP contribution in [0.15, 0.2) is 54.4 Å². The summed E-state index contributed by atoms with van der Waals surface area (Å²) in [5.74, 6) is 1.02. The number of thiazole rings is 1. The molecule has 0 spiro atoms. The molecule has 0 fully saturated rings. The zero-order chi connectivity index (χ0) is 17.5. The molecule has 26 heavy (non-hydrogen) atoms. The van der Waals surface area contributed by atoms with Gasteiger partial charge in [0.05, 0.1) is 27.6 Å². The summed E-state index contributed by atoms with van der Waals surface area (Å²) in [6.07, 6.45) is 5.69. The Morgan fingerprint density at radius 1 is 1.12 bits per heavy atom. The highest BCUT2D eigenvalue weighted by atomic mass is 32.1. The molecular formula is C20H19N5S. The van der Waals surface area contributed by atoms with Crippen LogP contribution in [-0.4, -0.2) is 31.0 Å². The lowest BCUT2D eigenvalue weighted by Crippen LogP contribution is -2.35. The predicted molar refractivity (Wildman–Crippen MR) is 104 cm³/mol. The Hall–Kier alpha value is -2.57. The Balaban J connectivity index is 1.41. The van der Waals surface area contributed by atoms with Gasteiger partial charge in [-0.15, -0.1) is 11.3 Å². The first-order valence-corrected chi connectivity index (χ1v) is 9.69. The van der Waals surface area contributed by atoms with Gasteiger partial charge >= 0.3 is 0 Å². The Morgan fingerprint density at radius 3 is 2.96 bits per heavy atom. The van der Waals surface area contributed by atoms with Gasteiger partial charge in [-0.25, -0.2) is 9.97 Å². The lowest BCUT2D eigenvalue weighted by Gasteiger charge is -2.34. The zero-order valence-corrected chi connectivity index (χ0v) is 15.4. The molecule has 130 valence electrons. The summed E-state index contributed by atoms with van der Waals surface area (Å²) in [5, 5.41) is 0. The van der Waals surface area contributed by atoms with Gasteiger partial charge in [0.25, 0.3) is 0 Å². The molecule has 5 rings (SSSR count). The van der Waals surface area contributed by atoms with Crippen LogP contribution in [0.1, 0.15) is 24.2 Å². The molecule has 1 unspecified atom stereocenters. The molecule has 0 bridgehead atoms. The number of aromatic nitrogens is 4. The fraction of sp³-hybridized carbons (Fsp3) is 0.250. The van der Waals surface area contributed by atoms with Crippen LogP contribution >= 0.6 is 11.3 Å². The third-order valence-electron chi connectivity index (χ3n) is 5.22. The molecule has 1 aliphatic rings. The summed E-state index contributed by atoms with van der Waals surface area (Å²) >= 11 is 1.69. The summed E-state index contributed by atoms with van der Waals surface area (Å²) in [4.78, 5) is 15.9. The molecule has 0 saturated heterocycles. The molecule has 0 radical (unpaired) electrons. The van der Waals surface area contributed by atoms with E-state index in [2.05, 4.69) is 55.6 Å². The third-order valence-corrected chi connectivity index (χ3v) is 6.03. The first-order chi connectivity index (χ1) is 12.8. The molecular weight excluding hydrogens is 342 g/mol. The highest BCUT2D eigenvalue weighted by Crippen LogP contribution is 2.30. The molecule has 4 heterocycles. The summed E-state index contributed by atoms with van der Waals surface area (Å²) in [7, 11) is 0. The standard InChI is InChI=1S/C20H19N5S/c1-14(15-4-5-19-18(9-15)23-13-26-19)24-7-8-25-17(12-24)11-22-20(25)16-3-2-6-21-10-16/h2-6,9-11,13-14H,7-8,12H2,1H3. The number of rotatable bonds is 3. The smallest absolute Gasteiger partial charge is 0.141 e. The topological polar surface area (TPSA) is 46.8 Å². The van der Waals surface area contributed by atoms with Gasteiger partial charge in [-0.2, -0.15) is 0 Å². The molecule has 1 aromatic carbocycles. The van der Waals surface area contributed by atoms with Crippen LogP contribution in [0.25, 0.3) is 21.6 Å². The maximum atomic E-state index is 4.66. The minimum absolute atomic E-state index is 0.353. The molecule has 1 aliphatic heterocycles. The SMILES string of the molecule is CC(c1ccc2scnc2c1)N1CCn2c(cnc2-c2cccnc2)C1. The van der Waals surface area contributed by atoms with Crippen LogP contribution in [0, 0.1) is 0 Å². The summed E-state index contributed by atoms with van der Waals surface area (Å²) in [5.41, 5.74) is 6.67. The highest BCUT2D eigenvalue weighted by Gasteiger charge is 2.24. The van der Waals surface area contributed by atoms with Crippen molar-refractivity contribution in [3.63, 3.8) is 0 Å². The number of benzene rings is 1. The van der Waals surface area contributed by atoms with Crippen LogP contribution in [0.4, 0.5) is 0 Å². The monoisotopic (exact) mass is 361 g/mol. The van der Waals surface area contributed by atoms with Crippen molar-refractivity contribution in [3.05, 3.63) is 65.7 Å². The van der Waals surface area contributed by atoms with Gasteiger partial charge in [0.2, 0.25) is 0 Å². The highest BCUT2D eigenvalue weighted by molar-refractivity contribution is 7.16. The minimum Gasteiger partial charge on any atom is -0.325 e. The first kappa shape index (κ1) is 15.7. The number of hydrogen-bond donors (Lipinski definition) is 0. The predicted octanol–water partition coefficient (Wildman–Crippen LogP) is 4.13. The van der Waals surface area contributed by atoms with Gasteiger partial charge < -0.3 is 4.57 Å². The lowest BCUT2D eigenvalue weighted by molar-refractivity contribution is 0.167. The van der Waals surface area contributed by atoms with E-state index in [1.165, 1.54) is 16.0 Å². The van der Waals surface area contributed by atoms with Crippen molar-refractivity contribution in [2.24, 2.45) is 0 Å². The van der Waals surface area contributed by atoms with Crippen molar-refractivity contribution < 1.29 is 0 Å². The maximum Gasteiger partial charge on any atom is 0.141 e. The second-order valence-corrected chi connectivity index (χ2v) is 7.58. The van der Waals surface area contributed by atoms with E-state index in [-0.39, 0.29) is 0 Å². The van der Waals surface area contributed by atoms with Gasteiger partial charge in [0, 0.05) is 43.6 Å². The molecule has 0 amide bonds. The number of hydrogen-bond acceptors (Lipinski definition) is 5. The van der Waals surface area contributed by atoms with Crippen molar-refractivity contribution in [2.75, 3.05) is 6.54 Å². The van der Waals surface area contributed by atoms with Gasteiger partial charge in [-0.1, -0.05) is 6.07 Å². The maximum absolute atomic E-state index is 4.66. The Bertz CT molecular complexity index is 1050. The van der Waals surface area contributed by atoms with Crippen LogP contribution in [-0.2, 0) is 13.1 Å². The van der Waals surface area contributed by atoms with Crippen LogP contribution in [0.3, 0.4) is 0 Å². The molecule has 4 aromatic rings. The molecule has 5 nitrogen and oxygen atoms in total. The third kappa shape index (κ3) is 2.62. The number of imidazole rings is 1. The van der Waals surface area contributed by atoms with Gasteiger partial charge in [-0.3, -0.25) is 9.88 Å². The fourth-order valence-electron chi connectivity index (χ4n) is 3.70. The van der Waals surface area contributed by atoms with Gasteiger partial charge in [0.1, 0.15) is 5.82 Å². The second kappa shape index (κ2) is 6.30. The van der Waals surface area contributed by atoms with Crippen LogP contribution in [0.5, 0.6) is 0 Å². The average molecular weight is 361 g/mol. The van der Waals surface area contributed by atoms with E-state index in [9.17, 15) is 0 Å². The normalized spacial score (nSPS) is 15.9. The Labute approximate surface area is 156 Å². The van der Waals surface area contributed by atoms with E-state index >= 15 is 0 Å².